The summed E-state index contributed by atoms with van der Waals surface area (Å²) in [5, 5.41) is 0.121. The molecule has 0 aliphatic heterocycles. The molecule has 1 aromatic heterocycles. The first-order valence-electron chi connectivity index (χ1n) is 5.47. The molecule has 0 saturated carbocycles. The highest BCUT2D eigenvalue weighted by atomic mass is 32.1. The molecular weight excluding hydrogens is 296 g/mol. The molecule has 1 aromatic carbocycles. The predicted octanol–water partition coefficient (Wildman–Crippen LogP) is 3.44. The summed E-state index contributed by atoms with van der Waals surface area (Å²) in [7, 11) is 1.27. The molecule has 2 N–H and O–H groups in total. The number of methoxy groups -OCH3 is 1. The summed E-state index contributed by atoms with van der Waals surface area (Å²) in [4.78, 5) is 3.50. The van der Waals surface area contributed by atoms with Gasteiger partial charge in [-0.1, -0.05) is 0 Å². The standard InChI is InChI=1S/C12H10F4N2OS/c1-19-8-4-6(2-3-7(8)13)11-18-10(12(14,15)16)9(5-17)20-11/h2-4H,5,17H2,1H3. The molecule has 2 rings (SSSR count). The van der Waals surface area contributed by atoms with E-state index >= 15 is 0 Å². The van der Waals surface area contributed by atoms with Gasteiger partial charge in [0.05, 0.1) is 12.0 Å². The number of nitrogens with zero attached hydrogens (tertiary/aromatic N) is 1. The van der Waals surface area contributed by atoms with Crippen molar-refractivity contribution in [2.75, 3.05) is 7.11 Å². The Balaban J connectivity index is 2.51. The Hall–Kier alpha value is -1.67. The fourth-order valence-electron chi connectivity index (χ4n) is 1.63. The van der Waals surface area contributed by atoms with E-state index < -0.39 is 17.7 Å². The van der Waals surface area contributed by atoms with Gasteiger partial charge in [-0.15, -0.1) is 11.3 Å². The van der Waals surface area contributed by atoms with Crippen LogP contribution in [0.2, 0.25) is 0 Å². The first kappa shape index (κ1) is 14.7. The number of halogens is 4. The highest BCUT2D eigenvalue weighted by Gasteiger charge is 2.37. The van der Waals surface area contributed by atoms with Gasteiger partial charge >= 0.3 is 6.18 Å². The van der Waals surface area contributed by atoms with Crippen molar-refractivity contribution in [1.82, 2.24) is 4.98 Å². The maximum Gasteiger partial charge on any atom is 0.434 e. The van der Waals surface area contributed by atoms with Crippen LogP contribution >= 0.6 is 11.3 Å². The van der Waals surface area contributed by atoms with Gasteiger partial charge in [0.2, 0.25) is 0 Å². The zero-order valence-corrected chi connectivity index (χ0v) is 11.1. The van der Waals surface area contributed by atoms with Gasteiger partial charge in [-0.05, 0) is 18.2 Å². The van der Waals surface area contributed by atoms with E-state index in [-0.39, 0.29) is 22.2 Å². The minimum Gasteiger partial charge on any atom is -0.494 e. The predicted molar refractivity (Wildman–Crippen MR) is 67.0 cm³/mol. The van der Waals surface area contributed by atoms with E-state index in [0.717, 1.165) is 17.4 Å². The lowest BCUT2D eigenvalue weighted by atomic mass is 10.2. The molecule has 2 aromatic rings. The lowest BCUT2D eigenvalue weighted by Crippen LogP contribution is -2.10. The van der Waals surface area contributed by atoms with Crippen molar-refractivity contribution in [1.29, 1.82) is 0 Å². The van der Waals surface area contributed by atoms with Crippen LogP contribution in [0.3, 0.4) is 0 Å². The Morgan fingerprint density at radius 3 is 2.55 bits per heavy atom. The molecule has 0 spiro atoms. The highest BCUT2D eigenvalue weighted by molar-refractivity contribution is 7.15. The van der Waals surface area contributed by atoms with Gasteiger partial charge < -0.3 is 10.5 Å². The van der Waals surface area contributed by atoms with Crippen molar-refractivity contribution in [3.63, 3.8) is 0 Å². The smallest absolute Gasteiger partial charge is 0.434 e. The number of hydrogen-bond acceptors (Lipinski definition) is 4. The summed E-state index contributed by atoms with van der Waals surface area (Å²) in [6, 6.07) is 3.76. The topological polar surface area (TPSA) is 48.1 Å². The van der Waals surface area contributed by atoms with E-state index in [2.05, 4.69) is 4.98 Å². The van der Waals surface area contributed by atoms with E-state index in [9.17, 15) is 17.6 Å². The van der Waals surface area contributed by atoms with E-state index in [4.69, 9.17) is 10.5 Å². The lowest BCUT2D eigenvalue weighted by molar-refractivity contribution is -0.141. The summed E-state index contributed by atoms with van der Waals surface area (Å²) in [6.07, 6.45) is -4.56. The molecule has 0 fully saturated rings. The van der Waals surface area contributed by atoms with Crippen LogP contribution in [0.5, 0.6) is 5.75 Å². The van der Waals surface area contributed by atoms with Crippen LogP contribution in [-0.2, 0) is 12.7 Å². The van der Waals surface area contributed by atoms with Crippen molar-refractivity contribution in [3.8, 4) is 16.3 Å². The molecule has 0 amide bonds. The molecule has 0 bridgehead atoms. The summed E-state index contributed by atoms with van der Waals surface area (Å²) in [6.45, 7) is -0.259. The van der Waals surface area contributed by atoms with Crippen molar-refractivity contribution in [3.05, 3.63) is 34.6 Å². The van der Waals surface area contributed by atoms with Crippen molar-refractivity contribution >= 4 is 11.3 Å². The van der Waals surface area contributed by atoms with Gasteiger partial charge in [0.1, 0.15) is 5.01 Å². The molecule has 0 unspecified atom stereocenters. The van der Waals surface area contributed by atoms with Crippen molar-refractivity contribution < 1.29 is 22.3 Å². The first-order chi connectivity index (χ1) is 9.36. The average Bonchev–Trinajstić information content (AvgIpc) is 2.83. The lowest BCUT2D eigenvalue weighted by Gasteiger charge is -2.04. The Bertz CT molecular complexity index is 624. The third kappa shape index (κ3) is 2.75. The number of nitrogens with two attached hydrogens (primary N) is 1. The number of aromatic nitrogens is 1. The molecule has 0 radical (unpaired) electrons. The molecule has 108 valence electrons. The fraction of sp³-hybridized carbons (Fsp3) is 0.250. The van der Waals surface area contributed by atoms with Gasteiger partial charge in [-0.3, -0.25) is 0 Å². The first-order valence-corrected chi connectivity index (χ1v) is 6.29. The minimum atomic E-state index is -4.56. The van der Waals surface area contributed by atoms with Crippen LogP contribution in [0.4, 0.5) is 17.6 Å². The van der Waals surface area contributed by atoms with E-state index in [1.54, 1.807) is 0 Å². The number of alkyl halides is 3. The van der Waals surface area contributed by atoms with Crippen molar-refractivity contribution in [2.45, 2.75) is 12.7 Å². The quantitative estimate of drug-likeness (QED) is 0.884. The molecule has 8 heteroatoms. The third-order valence-corrected chi connectivity index (χ3v) is 3.68. The van der Waals surface area contributed by atoms with Gasteiger partial charge in [-0.2, -0.15) is 13.2 Å². The Morgan fingerprint density at radius 1 is 1.35 bits per heavy atom. The molecule has 0 aliphatic rings. The van der Waals surface area contributed by atoms with E-state index in [1.165, 1.54) is 19.2 Å². The molecular formula is C12H10F4N2OS. The van der Waals surface area contributed by atoms with Gasteiger partial charge in [0.25, 0.3) is 0 Å². The van der Waals surface area contributed by atoms with Gasteiger partial charge in [0, 0.05) is 12.1 Å². The van der Waals surface area contributed by atoms with E-state index in [0.29, 0.717) is 5.56 Å². The second kappa shape index (κ2) is 5.37. The second-order valence-electron chi connectivity index (χ2n) is 3.84. The largest absolute Gasteiger partial charge is 0.494 e. The summed E-state index contributed by atoms with van der Waals surface area (Å²) in [5.41, 5.74) is 4.65. The van der Waals surface area contributed by atoms with Crippen LogP contribution in [0.1, 0.15) is 10.6 Å². The van der Waals surface area contributed by atoms with Gasteiger partial charge in [-0.25, -0.2) is 9.37 Å². The second-order valence-corrected chi connectivity index (χ2v) is 4.93. The average molecular weight is 306 g/mol. The van der Waals surface area contributed by atoms with Crippen molar-refractivity contribution in [2.24, 2.45) is 5.73 Å². The Kier molecular flexibility index (Phi) is 3.96. The van der Waals surface area contributed by atoms with E-state index in [1.807, 2.05) is 0 Å². The number of thiazole rings is 1. The fourth-order valence-corrected chi connectivity index (χ4v) is 2.58. The number of ether oxygens (including phenoxy) is 1. The number of benzene rings is 1. The zero-order chi connectivity index (χ0) is 14.9. The SMILES string of the molecule is COc1cc(-c2nc(C(F)(F)F)c(CN)s2)ccc1F. The van der Waals surface area contributed by atoms with Gasteiger partial charge in [0.15, 0.2) is 17.3 Å². The van der Waals surface area contributed by atoms with Crippen LogP contribution in [-0.4, -0.2) is 12.1 Å². The normalized spacial score (nSPS) is 11.7. The van der Waals surface area contributed by atoms with Crippen LogP contribution < -0.4 is 10.5 Å². The maximum atomic E-state index is 13.3. The molecule has 1 heterocycles. The van der Waals surface area contributed by atoms with Crippen LogP contribution in [0.15, 0.2) is 18.2 Å². The monoisotopic (exact) mass is 306 g/mol. The van der Waals surface area contributed by atoms with Crippen LogP contribution in [0.25, 0.3) is 10.6 Å². The molecule has 0 atom stereocenters. The summed E-state index contributed by atoms with van der Waals surface area (Å²) >= 11 is 0.830. The molecule has 20 heavy (non-hydrogen) atoms. The molecule has 0 aliphatic carbocycles. The van der Waals surface area contributed by atoms with Crippen LogP contribution in [0, 0.1) is 5.82 Å². The molecule has 3 nitrogen and oxygen atoms in total. The third-order valence-electron chi connectivity index (χ3n) is 2.55. The summed E-state index contributed by atoms with van der Waals surface area (Å²) in [5.74, 6) is -0.650. The zero-order valence-electron chi connectivity index (χ0n) is 10.3. The number of hydrogen-bond donors (Lipinski definition) is 1. The highest BCUT2D eigenvalue weighted by Crippen LogP contribution is 2.38. The summed E-state index contributed by atoms with van der Waals surface area (Å²) < 4.78 is 56.4. The minimum absolute atomic E-state index is 0.0550. The Labute approximate surface area is 116 Å². The molecule has 0 saturated heterocycles. The maximum absolute atomic E-state index is 13.3. The Morgan fingerprint density at radius 2 is 2.05 bits per heavy atom. The number of rotatable bonds is 3.